The van der Waals surface area contributed by atoms with E-state index in [0.29, 0.717) is 17.4 Å². The van der Waals surface area contributed by atoms with E-state index in [-0.39, 0.29) is 17.3 Å². The molecule has 0 amide bonds. The Balaban J connectivity index is 1.65. The van der Waals surface area contributed by atoms with Crippen LogP contribution in [-0.4, -0.2) is 9.55 Å². The average Bonchev–Trinajstić information content (AvgIpc) is 3.06. The highest BCUT2D eigenvalue weighted by Crippen LogP contribution is 2.29. The van der Waals surface area contributed by atoms with E-state index in [1.807, 2.05) is 6.07 Å². The molecule has 6 nitrogen and oxygen atoms in total. The molecule has 3 aromatic heterocycles. The van der Waals surface area contributed by atoms with E-state index in [1.54, 1.807) is 11.3 Å². The van der Waals surface area contributed by atoms with Crippen molar-refractivity contribution in [3.8, 4) is 0 Å². The summed E-state index contributed by atoms with van der Waals surface area (Å²) in [4.78, 5) is 40.9. The topological polar surface area (TPSA) is 85.1 Å². The van der Waals surface area contributed by atoms with Gasteiger partial charge in [-0.15, -0.1) is 11.3 Å². The number of hydrogen-bond acceptors (Lipinski definition) is 5. The van der Waals surface area contributed by atoms with E-state index in [0.717, 1.165) is 38.5 Å². The molecule has 1 N–H and O–H groups in total. The molecule has 3 heterocycles. The van der Waals surface area contributed by atoms with Crippen LogP contribution < -0.4 is 16.9 Å². The number of unbranched alkanes of at least 4 members (excludes halogenated alkanes) is 1. The van der Waals surface area contributed by atoms with Gasteiger partial charge in [0.05, 0.1) is 0 Å². The summed E-state index contributed by atoms with van der Waals surface area (Å²) < 4.78 is 6.39. The molecule has 0 atom stereocenters. The van der Waals surface area contributed by atoms with E-state index >= 15 is 0 Å². The van der Waals surface area contributed by atoms with Crippen LogP contribution in [0.15, 0.2) is 42.4 Å². The van der Waals surface area contributed by atoms with Crippen LogP contribution in [0.2, 0.25) is 0 Å². The molecule has 4 rings (SSSR count). The maximum absolute atomic E-state index is 12.9. The van der Waals surface area contributed by atoms with Crippen molar-refractivity contribution in [1.82, 2.24) is 9.55 Å². The van der Waals surface area contributed by atoms with Gasteiger partial charge in [0.1, 0.15) is 5.39 Å². The summed E-state index contributed by atoms with van der Waals surface area (Å²) in [6.07, 6.45) is 6.12. The molecular weight excluding hydrogens is 352 g/mol. The number of hydrogen-bond donors (Lipinski definition) is 1. The highest BCUT2D eigenvalue weighted by atomic mass is 32.1. The average molecular weight is 372 g/mol. The first-order valence-electron chi connectivity index (χ1n) is 8.97. The predicted octanol–water partition coefficient (Wildman–Crippen LogP) is 2.99. The van der Waals surface area contributed by atoms with Crippen LogP contribution in [0.3, 0.4) is 0 Å². The van der Waals surface area contributed by atoms with Crippen LogP contribution in [-0.2, 0) is 12.8 Å². The number of nitrogens with one attached hydrogen (secondary N) is 1. The molecule has 0 bridgehead atoms. The molecule has 7 heteroatoms. The van der Waals surface area contributed by atoms with Crippen molar-refractivity contribution in [3.05, 3.63) is 65.3 Å². The second-order valence-electron chi connectivity index (χ2n) is 6.77. The third kappa shape index (κ3) is 3.19. The normalized spacial score (nSPS) is 14.6. The van der Waals surface area contributed by atoms with Gasteiger partial charge in [-0.25, -0.2) is 9.59 Å². The van der Waals surface area contributed by atoms with Crippen molar-refractivity contribution in [2.45, 2.75) is 51.0 Å². The molecule has 3 aromatic rings. The van der Waals surface area contributed by atoms with Gasteiger partial charge >= 0.3 is 11.3 Å². The SMILES string of the molecule is O=c1cc(CCCCc2cccs2)c2c(=O)n(C3CCC3)c(=O)[nH]c2o1. The summed E-state index contributed by atoms with van der Waals surface area (Å²) in [6, 6.07) is 5.49. The lowest BCUT2D eigenvalue weighted by Gasteiger charge is -2.26. The first kappa shape index (κ1) is 17.0. The third-order valence-corrected chi connectivity index (χ3v) is 5.99. The number of nitrogens with zero attached hydrogens (tertiary/aromatic N) is 1. The molecule has 1 aliphatic rings. The lowest BCUT2D eigenvalue weighted by atomic mass is 9.93. The molecule has 0 spiro atoms. The lowest BCUT2D eigenvalue weighted by molar-refractivity contribution is 0.297. The Morgan fingerprint density at radius 3 is 2.69 bits per heavy atom. The molecule has 136 valence electrons. The van der Waals surface area contributed by atoms with E-state index in [4.69, 9.17) is 4.42 Å². The van der Waals surface area contributed by atoms with Gasteiger partial charge in [-0.2, -0.15) is 0 Å². The van der Waals surface area contributed by atoms with E-state index < -0.39 is 11.3 Å². The Labute approximate surface area is 153 Å². The van der Waals surface area contributed by atoms with Crippen LogP contribution >= 0.6 is 11.3 Å². The van der Waals surface area contributed by atoms with Crippen LogP contribution in [0.25, 0.3) is 11.1 Å². The first-order valence-corrected chi connectivity index (χ1v) is 9.85. The maximum Gasteiger partial charge on any atom is 0.337 e. The van der Waals surface area contributed by atoms with Gasteiger partial charge in [0.2, 0.25) is 5.71 Å². The third-order valence-electron chi connectivity index (χ3n) is 5.05. The summed E-state index contributed by atoms with van der Waals surface area (Å²) in [5.74, 6) is 0. The minimum atomic E-state index is -0.540. The summed E-state index contributed by atoms with van der Waals surface area (Å²) in [6.45, 7) is 0. The van der Waals surface area contributed by atoms with Gasteiger partial charge in [-0.05, 0) is 62.0 Å². The van der Waals surface area contributed by atoms with Crippen LogP contribution in [0.4, 0.5) is 0 Å². The minimum absolute atomic E-state index is 0.00340. The van der Waals surface area contributed by atoms with Gasteiger partial charge in [0.25, 0.3) is 5.56 Å². The zero-order valence-corrected chi connectivity index (χ0v) is 15.1. The molecule has 1 saturated carbocycles. The monoisotopic (exact) mass is 372 g/mol. The van der Waals surface area contributed by atoms with Crippen molar-refractivity contribution in [2.75, 3.05) is 0 Å². The number of fused-ring (bicyclic) bond motifs is 1. The Hall–Kier alpha value is -2.41. The number of aromatic nitrogens is 2. The minimum Gasteiger partial charge on any atom is -0.405 e. The maximum atomic E-state index is 12.9. The lowest BCUT2D eigenvalue weighted by Crippen LogP contribution is -2.41. The van der Waals surface area contributed by atoms with Gasteiger partial charge in [0, 0.05) is 17.0 Å². The zero-order valence-electron chi connectivity index (χ0n) is 14.3. The molecule has 1 aliphatic carbocycles. The fourth-order valence-electron chi connectivity index (χ4n) is 3.48. The molecule has 26 heavy (non-hydrogen) atoms. The molecule has 0 aliphatic heterocycles. The number of aryl methyl sites for hydroxylation is 2. The molecule has 0 aromatic carbocycles. The summed E-state index contributed by atoms with van der Waals surface area (Å²) >= 11 is 1.73. The Morgan fingerprint density at radius 2 is 2.00 bits per heavy atom. The van der Waals surface area contributed by atoms with Crippen molar-refractivity contribution >= 4 is 22.4 Å². The first-order chi connectivity index (χ1) is 12.6. The number of rotatable bonds is 6. The van der Waals surface area contributed by atoms with Crippen LogP contribution in [0.5, 0.6) is 0 Å². The van der Waals surface area contributed by atoms with Crippen molar-refractivity contribution in [2.24, 2.45) is 0 Å². The Morgan fingerprint density at radius 1 is 1.19 bits per heavy atom. The summed E-state index contributed by atoms with van der Waals surface area (Å²) in [7, 11) is 0. The van der Waals surface area contributed by atoms with Crippen molar-refractivity contribution < 1.29 is 4.42 Å². The highest BCUT2D eigenvalue weighted by Gasteiger charge is 2.25. The fourth-order valence-corrected chi connectivity index (χ4v) is 4.23. The standard InChI is InChI=1S/C19H20N2O4S/c22-15-11-12(5-1-2-8-14-9-4-10-26-14)16-17(25-15)20-19(24)21(18(16)23)13-6-3-7-13/h4,9-11,13H,1-3,5-8H2,(H,20,24). The fraction of sp³-hybridized carbons (Fsp3) is 0.421. The second kappa shape index (κ2) is 7.07. The van der Waals surface area contributed by atoms with Gasteiger partial charge in [0.15, 0.2) is 0 Å². The molecule has 0 saturated heterocycles. The Kier molecular flexibility index (Phi) is 4.63. The molecule has 0 radical (unpaired) electrons. The summed E-state index contributed by atoms with van der Waals surface area (Å²) in [5.41, 5.74) is -0.717. The van der Waals surface area contributed by atoms with Crippen molar-refractivity contribution in [1.29, 1.82) is 0 Å². The number of thiophene rings is 1. The Bertz CT molecular complexity index is 1090. The quantitative estimate of drug-likeness (QED) is 0.674. The van der Waals surface area contributed by atoms with Crippen LogP contribution in [0.1, 0.15) is 48.6 Å². The van der Waals surface area contributed by atoms with Crippen LogP contribution in [0, 0.1) is 0 Å². The molecule has 1 fully saturated rings. The van der Waals surface area contributed by atoms with E-state index in [2.05, 4.69) is 16.4 Å². The number of H-pyrrole nitrogens is 1. The van der Waals surface area contributed by atoms with E-state index in [9.17, 15) is 14.4 Å². The van der Waals surface area contributed by atoms with Gasteiger partial charge in [-0.1, -0.05) is 6.07 Å². The molecular formula is C19H20N2O4S. The summed E-state index contributed by atoms with van der Waals surface area (Å²) in [5, 5.41) is 2.40. The highest BCUT2D eigenvalue weighted by molar-refractivity contribution is 7.09. The number of aromatic amines is 1. The van der Waals surface area contributed by atoms with Crippen molar-refractivity contribution in [3.63, 3.8) is 0 Å². The van der Waals surface area contributed by atoms with E-state index in [1.165, 1.54) is 15.5 Å². The zero-order chi connectivity index (χ0) is 18.1. The second-order valence-corrected chi connectivity index (χ2v) is 7.80. The predicted molar refractivity (Wildman–Crippen MR) is 101 cm³/mol. The van der Waals surface area contributed by atoms with Gasteiger partial charge in [-0.3, -0.25) is 14.3 Å². The molecule has 0 unspecified atom stereocenters. The largest absolute Gasteiger partial charge is 0.405 e. The smallest absolute Gasteiger partial charge is 0.337 e. The van der Waals surface area contributed by atoms with Gasteiger partial charge < -0.3 is 4.42 Å².